The number of aliphatic hydroxyl groups is 1. The van der Waals surface area contributed by atoms with E-state index in [2.05, 4.69) is 12.2 Å². The van der Waals surface area contributed by atoms with E-state index in [1.807, 2.05) is 18.2 Å². The highest BCUT2D eigenvalue weighted by atomic mass is 16.4. The van der Waals surface area contributed by atoms with Gasteiger partial charge in [-0.3, -0.25) is 4.79 Å². The largest absolute Gasteiger partial charge is 0.481 e. The molecule has 2 aliphatic rings. The van der Waals surface area contributed by atoms with Crippen molar-refractivity contribution >= 4 is 12.0 Å². The van der Waals surface area contributed by atoms with Crippen molar-refractivity contribution in [2.45, 2.75) is 44.6 Å². The molecular weight excluding hydrogens is 292 g/mol. The highest BCUT2D eigenvalue weighted by molar-refractivity contribution is 5.66. The second kappa shape index (κ2) is 7.18. The minimum atomic E-state index is -0.714. The third kappa shape index (κ3) is 3.94. The molecule has 0 spiro atoms. The molecule has 4 atom stereocenters. The molecule has 1 aromatic heterocycles. The Morgan fingerprint density at radius 1 is 1.39 bits per heavy atom. The van der Waals surface area contributed by atoms with E-state index >= 15 is 0 Å². The molecule has 0 aliphatic heterocycles. The summed E-state index contributed by atoms with van der Waals surface area (Å²) < 4.78 is 5.32. The molecule has 124 valence electrons. The summed E-state index contributed by atoms with van der Waals surface area (Å²) >= 11 is 0. The minimum Gasteiger partial charge on any atom is -0.481 e. The molecule has 1 fully saturated rings. The summed E-state index contributed by atoms with van der Waals surface area (Å²) in [5.74, 6) is 1.23. The number of allylic oxidation sites excluding steroid dienone is 2. The summed E-state index contributed by atoms with van der Waals surface area (Å²) in [6.07, 6.45) is 12.5. The quantitative estimate of drug-likeness (QED) is 0.591. The van der Waals surface area contributed by atoms with Gasteiger partial charge in [0.1, 0.15) is 5.76 Å². The van der Waals surface area contributed by atoms with E-state index in [1.54, 1.807) is 6.26 Å². The Morgan fingerprint density at radius 3 is 3.00 bits per heavy atom. The van der Waals surface area contributed by atoms with Crippen molar-refractivity contribution in [3.63, 3.8) is 0 Å². The van der Waals surface area contributed by atoms with Crippen molar-refractivity contribution in [3.05, 3.63) is 41.9 Å². The molecule has 0 aromatic carbocycles. The van der Waals surface area contributed by atoms with Gasteiger partial charge in [0.05, 0.1) is 12.4 Å². The maximum Gasteiger partial charge on any atom is 0.303 e. The van der Waals surface area contributed by atoms with Crippen LogP contribution < -0.4 is 0 Å². The van der Waals surface area contributed by atoms with Crippen LogP contribution in [-0.4, -0.2) is 22.3 Å². The zero-order chi connectivity index (χ0) is 16.2. The van der Waals surface area contributed by atoms with Gasteiger partial charge in [0.25, 0.3) is 0 Å². The van der Waals surface area contributed by atoms with Crippen LogP contribution >= 0.6 is 0 Å². The number of carboxylic acids is 1. The molecule has 4 nitrogen and oxygen atoms in total. The van der Waals surface area contributed by atoms with Crippen molar-refractivity contribution in [1.29, 1.82) is 0 Å². The molecule has 0 saturated heterocycles. The van der Waals surface area contributed by atoms with Crippen molar-refractivity contribution in [2.75, 3.05) is 0 Å². The van der Waals surface area contributed by atoms with Crippen LogP contribution in [0.5, 0.6) is 0 Å². The Kier molecular flexibility index (Phi) is 5.01. The first-order valence-corrected chi connectivity index (χ1v) is 8.44. The molecule has 1 saturated carbocycles. The fourth-order valence-corrected chi connectivity index (χ4v) is 4.01. The van der Waals surface area contributed by atoms with Gasteiger partial charge in [0, 0.05) is 12.3 Å². The number of fused-ring (bicyclic) bond motifs is 1. The van der Waals surface area contributed by atoms with E-state index in [9.17, 15) is 9.90 Å². The smallest absolute Gasteiger partial charge is 0.303 e. The fourth-order valence-electron chi connectivity index (χ4n) is 4.01. The summed E-state index contributed by atoms with van der Waals surface area (Å²) in [5, 5.41) is 19.0. The van der Waals surface area contributed by atoms with Crippen LogP contribution in [0.4, 0.5) is 0 Å². The molecule has 2 N–H and O–H groups in total. The first-order chi connectivity index (χ1) is 11.1. The predicted molar refractivity (Wildman–Crippen MR) is 87.6 cm³/mol. The average Bonchev–Trinajstić information content (AvgIpc) is 3.18. The molecular formula is C19H24O4. The molecule has 4 heteroatoms. The maximum absolute atomic E-state index is 10.5. The topological polar surface area (TPSA) is 70.7 Å². The SMILES string of the molecule is O=C(O)CCCCC1=C[C@H]2C[C@@H](O)[C@H](/C=C/c3ccco3)[C@H]2C1. The molecule has 2 aliphatic carbocycles. The third-order valence-corrected chi connectivity index (χ3v) is 5.11. The second-order valence-corrected chi connectivity index (χ2v) is 6.71. The van der Waals surface area contributed by atoms with Crippen LogP contribution in [-0.2, 0) is 4.79 Å². The Morgan fingerprint density at radius 2 is 2.26 bits per heavy atom. The number of unbranched alkanes of at least 4 members (excludes halogenated alkanes) is 1. The number of carboxylic acid groups (broad SMARTS) is 1. The number of furan rings is 1. The maximum atomic E-state index is 10.5. The van der Waals surface area contributed by atoms with E-state index < -0.39 is 5.97 Å². The zero-order valence-corrected chi connectivity index (χ0v) is 13.2. The molecule has 0 radical (unpaired) electrons. The Hall–Kier alpha value is -1.81. The lowest BCUT2D eigenvalue weighted by molar-refractivity contribution is -0.137. The number of carbonyl (C=O) groups is 1. The van der Waals surface area contributed by atoms with Crippen LogP contribution in [0.25, 0.3) is 6.08 Å². The molecule has 0 bridgehead atoms. The third-order valence-electron chi connectivity index (χ3n) is 5.11. The van der Waals surface area contributed by atoms with E-state index in [1.165, 1.54) is 5.57 Å². The van der Waals surface area contributed by atoms with Crippen LogP contribution in [0.3, 0.4) is 0 Å². The van der Waals surface area contributed by atoms with E-state index in [4.69, 9.17) is 9.52 Å². The summed E-state index contributed by atoms with van der Waals surface area (Å²) in [6, 6.07) is 3.77. The summed E-state index contributed by atoms with van der Waals surface area (Å²) in [4.78, 5) is 10.5. The number of rotatable bonds is 7. The van der Waals surface area contributed by atoms with Crippen molar-refractivity contribution < 1.29 is 19.4 Å². The first kappa shape index (κ1) is 16.1. The minimum absolute atomic E-state index is 0.179. The lowest BCUT2D eigenvalue weighted by atomic mass is 9.88. The van der Waals surface area contributed by atoms with Crippen molar-refractivity contribution in [2.24, 2.45) is 17.8 Å². The summed E-state index contributed by atoms with van der Waals surface area (Å²) in [5.41, 5.74) is 1.44. The predicted octanol–water partition coefficient (Wildman–Crippen LogP) is 3.88. The van der Waals surface area contributed by atoms with Gasteiger partial charge in [-0.2, -0.15) is 0 Å². The zero-order valence-electron chi connectivity index (χ0n) is 13.2. The van der Waals surface area contributed by atoms with Gasteiger partial charge in [-0.15, -0.1) is 0 Å². The number of hydrogen-bond donors (Lipinski definition) is 2. The first-order valence-electron chi connectivity index (χ1n) is 8.44. The van der Waals surface area contributed by atoms with Gasteiger partial charge < -0.3 is 14.6 Å². The van der Waals surface area contributed by atoms with Crippen LogP contribution in [0.15, 0.2) is 40.5 Å². The Balaban J connectivity index is 1.53. The second-order valence-electron chi connectivity index (χ2n) is 6.71. The molecule has 0 amide bonds. The number of aliphatic hydroxyl groups excluding tert-OH is 1. The summed E-state index contributed by atoms with van der Waals surface area (Å²) in [6.45, 7) is 0. The lowest BCUT2D eigenvalue weighted by Crippen LogP contribution is -2.16. The highest BCUT2D eigenvalue weighted by Gasteiger charge is 2.43. The standard InChI is InChI=1S/C19H24O4/c20-18-12-14-10-13(4-1-2-6-19(21)22)11-17(14)16(18)8-7-15-5-3-9-23-15/h3,5,7-10,14,16-18,20H,1-2,4,6,11-12H2,(H,21,22)/b8-7+/t14-,16+,17-,18+/m0/s1. The van der Waals surface area contributed by atoms with Gasteiger partial charge in [-0.1, -0.05) is 17.7 Å². The van der Waals surface area contributed by atoms with Gasteiger partial charge in [0.15, 0.2) is 0 Å². The highest BCUT2D eigenvalue weighted by Crippen LogP contribution is 2.48. The Bertz CT molecular complexity index is 585. The van der Waals surface area contributed by atoms with Crippen molar-refractivity contribution in [1.82, 2.24) is 0 Å². The van der Waals surface area contributed by atoms with E-state index in [0.29, 0.717) is 11.8 Å². The average molecular weight is 316 g/mol. The number of hydrogen-bond acceptors (Lipinski definition) is 3. The Labute approximate surface area is 136 Å². The molecule has 23 heavy (non-hydrogen) atoms. The van der Waals surface area contributed by atoms with Gasteiger partial charge >= 0.3 is 5.97 Å². The van der Waals surface area contributed by atoms with E-state index in [-0.39, 0.29) is 18.4 Å². The van der Waals surface area contributed by atoms with Crippen LogP contribution in [0, 0.1) is 17.8 Å². The monoisotopic (exact) mass is 316 g/mol. The molecule has 0 unspecified atom stereocenters. The summed E-state index contributed by atoms with van der Waals surface area (Å²) in [7, 11) is 0. The fraction of sp³-hybridized carbons (Fsp3) is 0.526. The van der Waals surface area contributed by atoms with Gasteiger partial charge in [0.2, 0.25) is 0 Å². The number of aliphatic carboxylic acids is 1. The van der Waals surface area contributed by atoms with Crippen LogP contribution in [0.1, 0.15) is 44.3 Å². The van der Waals surface area contributed by atoms with E-state index in [0.717, 1.165) is 37.9 Å². The van der Waals surface area contributed by atoms with Gasteiger partial charge in [-0.05, 0) is 62.1 Å². The lowest BCUT2D eigenvalue weighted by Gasteiger charge is -2.18. The normalized spacial score (nSPS) is 29.9. The van der Waals surface area contributed by atoms with Crippen LogP contribution in [0.2, 0.25) is 0 Å². The molecule has 3 rings (SSSR count). The molecule has 1 heterocycles. The van der Waals surface area contributed by atoms with Crippen molar-refractivity contribution in [3.8, 4) is 0 Å². The van der Waals surface area contributed by atoms with Gasteiger partial charge in [-0.25, -0.2) is 0 Å². The molecule has 1 aromatic rings.